The minimum atomic E-state index is 0.216. The molecule has 0 saturated heterocycles. The van der Waals surface area contributed by atoms with Gasteiger partial charge in [0.15, 0.2) is 0 Å². The molecule has 1 heterocycles. The van der Waals surface area contributed by atoms with Crippen LogP contribution in [0.2, 0.25) is 0 Å². The molecule has 1 N–H and O–H groups in total. The van der Waals surface area contributed by atoms with Crippen LogP contribution >= 0.6 is 0 Å². The zero-order chi connectivity index (χ0) is 12.0. The lowest BCUT2D eigenvalue weighted by Crippen LogP contribution is -2.24. The molecule has 0 aliphatic carbocycles. The maximum atomic E-state index is 5.24. The van der Waals surface area contributed by atoms with E-state index in [9.17, 15) is 0 Å². The van der Waals surface area contributed by atoms with E-state index in [1.54, 1.807) is 19.5 Å². The van der Waals surface area contributed by atoms with Crippen LogP contribution < -0.4 is 10.1 Å². The van der Waals surface area contributed by atoms with Gasteiger partial charge in [0, 0.05) is 12.4 Å². The Morgan fingerprint density at radius 3 is 2.56 bits per heavy atom. The lowest BCUT2D eigenvalue weighted by atomic mass is 10.0. The zero-order valence-corrected chi connectivity index (χ0v) is 10.5. The standard InChI is InChI=1S/C12H21N3O/c1-5-13-10(8-9(2)3)11-12(16-4)15-7-6-14-11/h6-7,9-10,13H,5,8H2,1-4H3. The Morgan fingerprint density at radius 2 is 2.00 bits per heavy atom. The average Bonchev–Trinajstić information content (AvgIpc) is 2.28. The lowest BCUT2D eigenvalue weighted by molar-refractivity contribution is 0.363. The summed E-state index contributed by atoms with van der Waals surface area (Å²) in [5.74, 6) is 1.23. The van der Waals surface area contributed by atoms with Crippen molar-refractivity contribution >= 4 is 0 Å². The quantitative estimate of drug-likeness (QED) is 0.803. The largest absolute Gasteiger partial charge is 0.480 e. The number of nitrogens with zero attached hydrogens (tertiary/aromatic N) is 2. The van der Waals surface area contributed by atoms with Gasteiger partial charge in [0.2, 0.25) is 5.88 Å². The van der Waals surface area contributed by atoms with Gasteiger partial charge in [-0.25, -0.2) is 4.98 Å². The molecule has 1 unspecified atom stereocenters. The summed E-state index contributed by atoms with van der Waals surface area (Å²) in [5, 5.41) is 3.42. The Kier molecular flexibility index (Phi) is 5.19. The van der Waals surface area contributed by atoms with Gasteiger partial charge in [0.05, 0.1) is 13.2 Å². The monoisotopic (exact) mass is 223 g/mol. The van der Waals surface area contributed by atoms with Gasteiger partial charge in [-0.1, -0.05) is 20.8 Å². The topological polar surface area (TPSA) is 47.0 Å². The van der Waals surface area contributed by atoms with E-state index >= 15 is 0 Å². The van der Waals surface area contributed by atoms with Crippen molar-refractivity contribution in [3.8, 4) is 5.88 Å². The number of ether oxygens (including phenoxy) is 1. The Balaban J connectivity index is 2.90. The molecule has 0 amide bonds. The summed E-state index contributed by atoms with van der Waals surface area (Å²) in [6, 6.07) is 0.216. The Hall–Kier alpha value is -1.16. The van der Waals surface area contributed by atoms with Crippen molar-refractivity contribution in [1.82, 2.24) is 15.3 Å². The third kappa shape index (κ3) is 3.45. The molecule has 1 rings (SSSR count). The molecular formula is C12H21N3O. The smallest absolute Gasteiger partial charge is 0.236 e. The zero-order valence-electron chi connectivity index (χ0n) is 10.5. The second kappa shape index (κ2) is 6.43. The van der Waals surface area contributed by atoms with Gasteiger partial charge in [-0.15, -0.1) is 0 Å². The second-order valence-corrected chi connectivity index (χ2v) is 4.19. The number of aromatic nitrogens is 2. The average molecular weight is 223 g/mol. The van der Waals surface area contributed by atoms with Gasteiger partial charge in [-0.2, -0.15) is 0 Å². The highest BCUT2D eigenvalue weighted by molar-refractivity contribution is 5.21. The van der Waals surface area contributed by atoms with E-state index < -0.39 is 0 Å². The van der Waals surface area contributed by atoms with Crippen LogP contribution in [0, 0.1) is 5.92 Å². The van der Waals surface area contributed by atoms with Crippen LogP contribution in [0.15, 0.2) is 12.4 Å². The highest BCUT2D eigenvalue weighted by Crippen LogP contribution is 2.25. The molecule has 0 saturated carbocycles. The van der Waals surface area contributed by atoms with Crippen LogP contribution in [0.1, 0.15) is 38.9 Å². The van der Waals surface area contributed by atoms with E-state index in [0.717, 1.165) is 18.7 Å². The Morgan fingerprint density at radius 1 is 1.31 bits per heavy atom. The van der Waals surface area contributed by atoms with E-state index in [0.29, 0.717) is 11.8 Å². The molecule has 0 aliphatic heterocycles. The minimum absolute atomic E-state index is 0.216. The highest BCUT2D eigenvalue weighted by Gasteiger charge is 2.18. The van der Waals surface area contributed by atoms with Crippen molar-refractivity contribution in [1.29, 1.82) is 0 Å². The molecule has 1 aromatic rings. The first-order valence-electron chi connectivity index (χ1n) is 5.77. The molecule has 16 heavy (non-hydrogen) atoms. The predicted octanol–water partition coefficient (Wildman–Crippen LogP) is 2.18. The van der Waals surface area contributed by atoms with Gasteiger partial charge >= 0.3 is 0 Å². The third-order valence-electron chi connectivity index (χ3n) is 2.37. The molecule has 0 aliphatic rings. The maximum Gasteiger partial charge on any atom is 0.236 e. The molecule has 0 spiro atoms. The molecule has 1 atom stereocenters. The fourth-order valence-corrected chi connectivity index (χ4v) is 1.74. The van der Waals surface area contributed by atoms with Crippen molar-refractivity contribution < 1.29 is 4.74 Å². The van der Waals surface area contributed by atoms with Crippen LogP contribution in [-0.4, -0.2) is 23.6 Å². The Bertz CT molecular complexity index is 315. The molecule has 0 bridgehead atoms. The summed E-state index contributed by atoms with van der Waals surface area (Å²) in [7, 11) is 1.63. The van der Waals surface area contributed by atoms with Crippen molar-refractivity contribution in [2.45, 2.75) is 33.2 Å². The number of nitrogens with one attached hydrogen (secondary N) is 1. The normalized spacial score (nSPS) is 12.8. The third-order valence-corrected chi connectivity index (χ3v) is 2.37. The van der Waals surface area contributed by atoms with Crippen LogP contribution in [0.3, 0.4) is 0 Å². The second-order valence-electron chi connectivity index (χ2n) is 4.19. The molecule has 0 fully saturated rings. The molecule has 1 aromatic heterocycles. The minimum Gasteiger partial charge on any atom is -0.480 e. The van der Waals surface area contributed by atoms with Crippen molar-refractivity contribution in [2.24, 2.45) is 5.92 Å². The first kappa shape index (κ1) is 12.9. The number of hydrogen-bond acceptors (Lipinski definition) is 4. The predicted molar refractivity (Wildman–Crippen MR) is 64.5 cm³/mol. The van der Waals surface area contributed by atoms with Gasteiger partial charge < -0.3 is 10.1 Å². The summed E-state index contributed by atoms with van der Waals surface area (Å²) in [4.78, 5) is 8.55. The number of methoxy groups -OCH3 is 1. The first-order chi connectivity index (χ1) is 7.69. The molecule has 4 nitrogen and oxygen atoms in total. The SMILES string of the molecule is CCNC(CC(C)C)c1nccnc1OC. The summed E-state index contributed by atoms with van der Waals surface area (Å²) >= 11 is 0. The van der Waals surface area contributed by atoms with Crippen molar-refractivity contribution in [2.75, 3.05) is 13.7 Å². The van der Waals surface area contributed by atoms with Gasteiger partial charge in [0.25, 0.3) is 0 Å². The summed E-state index contributed by atoms with van der Waals surface area (Å²) in [6.45, 7) is 7.41. The summed E-state index contributed by atoms with van der Waals surface area (Å²) < 4.78 is 5.24. The van der Waals surface area contributed by atoms with Gasteiger partial charge in [-0.3, -0.25) is 4.98 Å². The van der Waals surface area contributed by atoms with Crippen LogP contribution in [0.5, 0.6) is 5.88 Å². The van der Waals surface area contributed by atoms with Crippen LogP contribution in [-0.2, 0) is 0 Å². The van der Waals surface area contributed by atoms with Crippen molar-refractivity contribution in [3.63, 3.8) is 0 Å². The molecule has 90 valence electrons. The fourth-order valence-electron chi connectivity index (χ4n) is 1.74. The first-order valence-corrected chi connectivity index (χ1v) is 5.77. The molecular weight excluding hydrogens is 202 g/mol. The highest BCUT2D eigenvalue weighted by atomic mass is 16.5. The van der Waals surface area contributed by atoms with Crippen molar-refractivity contribution in [3.05, 3.63) is 18.1 Å². The summed E-state index contributed by atoms with van der Waals surface area (Å²) in [6.07, 6.45) is 4.39. The van der Waals surface area contributed by atoms with Gasteiger partial charge in [-0.05, 0) is 18.9 Å². The Labute approximate surface area is 97.5 Å². The molecule has 0 aromatic carbocycles. The van der Waals surface area contributed by atoms with Gasteiger partial charge in [0.1, 0.15) is 5.69 Å². The fraction of sp³-hybridized carbons (Fsp3) is 0.667. The summed E-state index contributed by atoms with van der Waals surface area (Å²) in [5.41, 5.74) is 0.903. The van der Waals surface area contributed by atoms with E-state index in [-0.39, 0.29) is 6.04 Å². The lowest BCUT2D eigenvalue weighted by Gasteiger charge is -2.20. The van der Waals surface area contributed by atoms with E-state index in [4.69, 9.17) is 4.74 Å². The molecule has 4 heteroatoms. The van der Waals surface area contributed by atoms with E-state index in [1.807, 2.05) is 0 Å². The van der Waals surface area contributed by atoms with E-state index in [1.165, 1.54) is 0 Å². The van der Waals surface area contributed by atoms with Crippen LogP contribution in [0.4, 0.5) is 0 Å². The number of rotatable bonds is 6. The van der Waals surface area contributed by atoms with Crippen LogP contribution in [0.25, 0.3) is 0 Å². The molecule has 0 radical (unpaired) electrons. The maximum absolute atomic E-state index is 5.24. The van der Waals surface area contributed by atoms with E-state index in [2.05, 4.69) is 36.1 Å². The number of hydrogen-bond donors (Lipinski definition) is 1.